The van der Waals surface area contributed by atoms with Crippen LogP contribution in [-0.2, 0) is 16.1 Å². The van der Waals surface area contributed by atoms with E-state index in [-0.39, 0.29) is 24.5 Å². The van der Waals surface area contributed by atoms with E-state index in [0.717, 1.165) is 36.8 Å². The summed E-state index contributed by atoms with van der Waals surface area (Å²) in [5.74, 6) is 0.241. The molecule has 1 N–H and O–H groups in total. The third kappa shape index (κ3) is 3.79. The summed E-state index contributed by atoms with van der Waals surface area (Å²) >= 11 is 0. The van der Waals surface area contributed by atoms with Gasteiger partial charge in [-0.05, 0) is 30.5 Å². The normalized spacial score (nSPS) is 19.9. The van der Waals surface area contributed by atoms with E-state index in [1.807, 2.05) is 36.4 Å². The van der Waals surface area contributed by atoms with Crippen molar-refractivity contribution in [1.29, 1.82) is 0 Å². The van der Waals surface area contributed by atoms with Crippen LogP contribution in [0.25, 0.3) is 0 Å². The largest absolute Gasteiger partial charge is 0.483 e. The van der Waals surface area contributed by atoms with Crippen molar-refractivity contribution in [2.24, 2.45) is 0 Å². The molecule has 0 saturated heterocycles. The molecule has 0 radical (unpaired) electrons. The second kappa shape index (κ2) is 7.78. The summed E-state index contributed by atoms with van der Waals surface area (Å²) in [6.45, 7) is 0.234. The quantitative estimate of drug-likeness (QED) is 0.904. The number of para-hydroxylation sites is 1. The fourth-order valence-electron chi connectivity index (χ4n) is 3.87. The summed E-state index contributed by atoms with van der Waals surface area (Å²) in [4.78, 5) is 31.8. The van der Waals surface area contributed by atoms with Crippen LogP contribution in [0.15, 0.2) is 48.8 Å². The summed E-state index contributed by atoms with van der Waals surface area (Å²) in [6, 6.07) is 10.6. The molecule has 0 spiro atoms. The molecule has 140 valence electrons. The molecule has 2 aliphatic rings. The van der Waals surface area contributed by atoms with E-state index in [2.05, 4.69) is 10.3 Å². The van der Waals surface area contributed by atoms with Gasteiger partial charge in [0.15, 0.2) is 6.61 Å². The topological polar surface area (TPSA) is 71.5 Å². The highest BCUT2D eigenvalue weighted by Gasteiger charge is 2.37. The molecule has 1 unspecified atom stereocenters. The fraction of sp³-hybridized carbons (Fsp3) is 0.381. The van der Waals surface area contributed by atoms with Gasteiger partial charge in [0.2, 0.25) is 5.91 Å². The highest BCUT2D eigenvalue weighted by Crippen LogP contribution is 2.34. The molecule has 2 heterocycles. The van der Waals surface area contributed by atoms with Crippen molar-refractivity contribution in [2.45, 2.75) is 44.3 Å². The van der Waals surface area contributed by atoms with Gasteiger partial charge in [-0.2, -0.15) is 0 Å². The maximum absolute atomic E-state index is 13.2. The molecule has 1 aliphatic heterocycles. The predicted octanol–water partition coefficient (Wildman–Crippen LogP) is 2.60. The van der Waals surface area contributed by atoms with Crippen molar-refractivity contribution in [2.75, 3.05) is 6.61 Å². The first kappa shape index (κ1) is 17.5. The molecule has 1 atom stereocenters. The maximum atomic E-state index is 13.2. The molecular formula is C21H23N3O3. The SMILES string of the molecule is O=C(NC1CCCC1)C1c2ccccc2OCC(=O)N1Cc1cccnc1. The molecule has 0 bridgehead atoms. The Labute approximate surface area is 158 Å². The van der Waals surface area contributed by atoms with Gasteiger partial charge < -0.3 is 15.0 Å². The Morgan fingerprint density at radius 2 is 2.00 bits per heavy atom. The van der Waals surface area contributed by atoms with E-state index >= 15 is 0 Å². The van der Waals surface area contributed by atoms with Gasteiger partial charge in [0, 0.05) is 30.5 Å². The molecule has 1 aromatic carbocycles. The van der Waals surface area contributed by atoms with Gasteiger partial charge in [0.1, 0.15) is 11.8 Å². The summed E-state index contributed by atoms with van der Waals surface area (Å²) < 4.78 is 5.69. The van der Waals surface area contributed by atoms with E-state index in [4.69, 9.17) is 4.74 Å². The van der Waals surface area contributed by atoms with E-state index in [1.165, 1.54) is 0 Å². The van der Waals surface area contributed by atoms with Crippen LogP contribution in [0.4, 0.5) is 0 Å². The first-order valence-electron chi connectivity index (χ1n) is 9.43. The van der Waals surface area contributed by atoms with Gasteiger partial charge in [-0.15, -0.1) is 0 Å². The highest BCUT2D eigenvalue weighted by molar-refractivity contribution is 5.90. The maximum Gasteiger partial charge on any atom is 0.261 e. The van der Waals surface area contributed by atoms with E-state index < -0.39 is 6.04 Å². The Hall–Kier alpha value is -2.89. The minimum absolute atomic E-state index is 0.0789. The number of aromatic nitrogens is 1. The molecule has 4 rings (SSSR count). The van der Waals surface area contributed by atoms with Gasteiger partial charge in [0.25, 0.3) is 5.91 Å². The standard InChI is InChI=1S/C21H23N3O3/c25-19-14-27-18-10-4-3-9-17(18)20(21(26)23-16-7-1-2-8-16)24(19)13-15-6-5-11-22-12-15/h3-6,9-12,16,20H,1-2,7-8,13-14H2,(H,23,26). The molecule has 1 fully saturated rings. The molecule has 2 aromatic rings. The van der Waals surface area contributed by atoms with Crippen molar-refractivity contribution in [3.63, 3.8) is 0 Å². The zero-order valence-corrected chi connectivity index (χ0v) is 15.1. The lowest BCUT2D eigenvalue weighted by atomic mass is 10.0. The molecule has 1 aromatic heterocycles. The van der Waals surface area contributed by atoms with Crippen molar-refractivity contribution in [1.82, 2.24) is 15.2 Å². The van der Waals surface area contributed by atoms with Crippen molar-refractivity contribution in [3.05, 3.63) is 59.9 Å². The van der Waals surface area contributed by atoms with Crippen LogP contribution in [0.2, 0.25) is 0 Å². The number of ether oxygens (including phenoxy) is 1. The van der Waals surface area contributed by atoms with Gasteiger partial charge in [-0.3, -0.25) is 14.6 Å². The second-order valence-electron chi connectivity index (χ2n) is 7.10. The van der Waals surface area contributed by atoms with Crippen LogP contribution in [0, 0.1) is 0 Å². The number of carbonyl (C=O) groups excluding carboxylic acids is 2. The molecular weight excluding hydrogens is 342 g/mol. The van der Waals surface area contributed by atoms with Crippen LogP contribution in [0.5, 0.6) is 5.75 Å². The average molecular weight is 365 g/mol. The molecule has 6 heteroatoms. The van der Waals surface area contributed by atoms with Gasteiger partial charge in [-0.1, -0.05) is 37.1 Å². The van der Waals surface area contributed by atoms with Crippen LogP contribution in [0.3, 0.4) is 0 Å². The zero-order chi connectivity index (χ0) is 18.6. The van der Waals surface area contributed by atoms with Crippen LogP contribution in [-0.4, -0.2) is 34.3 Å². The third-order valence-electron chi connectivity index (χ3n) is 5.22. The Morgan fingerprint density at radius 1 is 1.19 bits per heavy atom. The first-order chi connectivity index (χ1) is 13.2. The number of fused-ring (bicyclic) bond motifs is 1. The smallest absolute Gasteiger partial charge is 0.261 e. The first-order valence-corrected chi connectivity index (χ1v) is 9.43. The van der Waals surface area contributed by atoms with Gasteiger partial charge in [0.05, 0.1) is 0 Å². The second-order valence-corrected chi connectivity index (χ2v) is 7.10. The number of hydrogen-bond acceptors (Lipinski definition) is 4. The molecule has 6 nitrogen and oxygen atoms in total. The number of nitrogens with zero attached hydrogens (tertiary/aromatic N) is 2. The summed E-state index contributed by atoms with van der Waals surface area (Å²) in [5, 5.41) is 3.15. The Balaban J connectivity index is 1.68. The monoisotopic (exact) mass is 365 g/mol. The lowest BCUT2D eigenvalue weighted by molar-refractivity contribution is -0.142. The van der Waals surface area contributed by atoms with Gasteiger partial charge >= 0.3 is 0 Å². The number of carbonyl (C=O) groups is 2. The summed E-state index contributed by atoms with van der Waals surface area (Å²) in [5.41, 5.74) is 1.60. The van der Waals surface area contributed by atoms with Crippen molar-refractivity contribution in [3.8, 4) is 5.75 Å². The number of pyridine rings is 1. The van der Waals surface area contributed by atoms with E-state index in [0.29, 0.717) is 12.3 Å². The third-order valence-corrected chi connectivity index (χ3v) is 5.22. The minimum Gasteiger partial charge on any atom is -0.483 e. The Bertz CT molecular complexity index is 818. The summed E-state index contributed by atoms with van der Waals surface area (Å²) in [6.07, 6.45) is 7.66. The number of nitrogens with one attached hydrogen (secondary N) is 1. The molecule has 2 amide bonds. The minimum atomic E-state index is -0.711. The van der Waals surface area contributed by atoms with Crippen LogP contribution < -0.4 is 10.1 Å². The van der Waals surface area contributed by atoms with E-state index in [9.17, 15) is 9.59 Å². The number of amides is 2. The molecule has 1 aliphatic carbocycles. The lowest BCUT2D eigenvalue weighted by Gasteiger charge is -2.30. The number of benzene rings is 1. The predicted molar refractivity (Wildman–Crippen MR) is 99.9 cm³/mol. The van der Waals surface area contributed by atoms with Crippen molar-refractivity contribution >= 4 is 11.8 Å². The van der Waals surface area contributed by atoms with Crippen LogP contribution >= 0.6 is 0 Å². The van der Waals surface area contributed by atoms with Crippen LogP contribution in [0.1, 0.15) is 42.9 Å². The number of rotatable bonds is 4. The highest BCUT2D eigenvalue weighted by atomic mass is 16.5. The Morgan fingerprint density at radius 3 is 2.78 bits per heavy atom. The van der Waals surface area contributed by atoms with Gasteiger partial charge in [-0.25, -0.2) is 0 Å². The van der Waals surface area contributed by atoms with E-state index in [1.54, 1.807) is 17.3 Å². The average Bonchev–Trinajstić information content (AvgIpc) is 3.15. The molecule has 27 heavy (non-hydrogen) atoms. The molecule has 1 saturated carbocycles. The zero-order valence-electron chi connectivity index (χ0n) is 15.1. The number of hydrogen-bond donors (Lipinski definition) is 1. The fourth-order valence-corrected chi connectivity index (χ4v) is 3.87. The van der Waals surface area contributed by atoms with Crippen molar-refractivity contribution < 1.29 is 14.3 Å². The Kier molecular flexibility index (Phi) is 5.05. The summed E-state index contributed by atoms with van der Waals surface area (Å²) in [7, 11) is 0. The lowest BCUT2D eigenvalue weighted by Crippen LogP contribution is -2.45.